The second-order valence-corrected chi connectivity index (χ2v) is 9.84. The van der Waals surface area contributed by atoms with Crippen molar-refractivity contribution in [2.24, 2.45) is 5.92 Å². The van der Waals surface area contributed by atoms with Gasteiger partial charge in [0.2, 0.25) is 5.91 Å². The molecule has 0 bridgehead atoms. The molecule has 10 heteroatoms. The molecule has 172 valence electrons. The van der Waals surface area contributed by atoms with Gasteiger partial charge in [-0.15, -0.1) is 0 Å². The molecular weight excluding hydrogens is 434 g/mol. The average molecular weight is 462 g/mol. The van der Waals surface area contributed by atoms with Crippen molar-refractivity contribution in [1.29, 1.82) is 0 Å². The van der Waals surface area contributed by atoms with Gasteiger partial charge in [0, 0.05) is 24.7 Å². The van der Waals surface area contributed by atoms with Crippen LogP contribution in [0.2, 0.25) is 0 Å². The van der Waals surface area contributed by atoms with Gasteiger partial charge in [-0.2, -0.15) is 0 Å². The van der Waals surface area contributed by atoms with Gasteiger partial charge in [0.25, 0.3) is 15.7 Å². The Hall–Kier alpha value is -3.14. The number of carbonyl (C=O) groups is 1. The minimum atomic E-state index is -4.25. The van der Waals surface area contributed by atoms with Crippen LogP contribution in [0, 0.1) is 23.0 Å². The Labute approximate surface area is 187 Å². The summed E-state index contributed by atoms with van der Waals surface area (Å²) in [4.78, 5) is 25.2. The number of piperidine rings is 1. The SMILES string of the molecule is COc1ccc(N(CC(=O)N2CCC(C)CC2)S(=O)(=O)c2ccc(C)c([N+](=O)[O-])c2)cc1. The first-order valence-electron chi connectivity index (χ1n) is 10.3. The van der Waals surface area contributed by atoms with Crippen LogP contribution < -0.4 is 9.04 Å². The topological polar surface area (TPSA) is 110 Å². The third-order valence-electron chi connectivity index (χ3n) is 5.74. The van der Waals surface area contributed by atoms with Gasteiger partial charge < -0.3 is 9.64 Å². The maximum Gasteiger partial charge on any atom is 0.273 e. The minimum Gasteiger partial charge on any atom is -0.497 e. The van der Waals surface area contributed by atoms with Crippen LogP contribution >= 0.6 is 0 Å². The Morgan fingerprint density at radius 1 is 1.19 bits per heavy atom. The Morgan fingerprint density at radius 2 is 1.81 bits per heavy atom. The number of nitro groups is 1. The van der Waals surface area contributed by atoms with Crippen molar-refractivity contribution >= 4 is 27.3 Å². The summed E-state index contributed by atoms with van der Waals surface area (Å²) >= 11 is 0. The van der Waals surface area contributed by atoms with Crippen molar-refractivity contribution in [3.05, 3.63) is 58.1 Å². The fourth-order valence-electron chi connectivity index (χ4n) is 3.62. The molecule has 0 spiro atoms. The number of sulfonamides is 1. The Bertz CT molecular complexity index is 1090. The average Bonchev–Trinajstić information content (AvgIpc) is 2.77. The molecule has 1 saturated heterocycles. The second-order valence-electron chi connectivity index (χ2n) is 7.98. The van der Waals surface area contributed by atoms with Gasteiger partial charge in [0.1, 0.15) is 12.3 Å². The molecule has 1 heterocycles. The summed E-state index contributed by atoms with van der Waals surface area (Å²) in [6, 6.07) is 10.0. The van der Waals surface area contributed by atoms with E-state index >= 15 is 0 Å². The van der Waals surface area contributed by atoms with Gasteiger partial charge in [-0.1, -0.05) is 13.0 Å². The largest absolute Gasteiger partial charge is 0.497 e. The first kappa shape index (κ1) is 23.5. The molecule has 0 aliphatic carbocycles. The molecule has 0 N–H and O–H groups in total. The Kier molecular flexibility index (Phi) is 7.02. The van der Waals surface area contributed by atoms with Gasteiger partial charge in [0.15, 0.2) is 0 Å². The maximum absolute atomic E-state index is 13.5. The lowest BCUT2D eigenvalue weighted by Crippen LogP contribution is -2.45. The number of ether oxygens (including phenoxy) is 1. The van der Waals surface area contributed by atoms with E-state index in [0.717, 1.165) is 23.2 Å². The quantitative estimate of drug-likeness (QED) is 0.462. The standard InChI is InChI=1S/C22H27N3O6S/c1-16-10-12-23(13-11-16)22(26)15-24(18-5-7-19(31-3)8-6-18)32(29,30)20-9-4-17(2)21(14-20)25(27)28/h4-9,14,16H,10-13,15H2,1-3H3. The lowest BCUT2D eigenvalue weighted by molar-refractivity contribution is -0.385. The molecule has 9 nitrogen and oxygen atoms in total. The van der Waals surface area contributed by atoms with Crippen LogP contribution in [-0.4, -0.2) is 50.9 Å². The zero-order valence-corrected chi connectivity index (χ0v) is 19.2. The summed E-state index contributed by atoms with van der Waals surface area (Å²) in [6.45, 7) is 4.42. The fraction of sp³-hybridized carbons (Fsp3) is 0.409. The molecule has 1 aliphatic rings. The van der Waals surface area contributed by atoms with E-state index in [9.17, 15) is 23.3 Å². The smallest absolute Gasteiger partial charge is 0.273 e. The highest BCUT2D eigenvalue weighted by atomic mass is 32.2. The molecule has 0 unspecified atom stereocenters. The van der Waals surface area contributed by atoms with Crippen molar-refractivity contribution in [3.8, 4) is 5.75 Å². The predicted octanol–water partition coefficient (Wildman–Crippen LogP) is 3.37. The van der Waals surface area contributed by atoms with Crippen LogP contribution in [-0.2, 0) is 14.8 Å². The molecule has 0 atom stereocenters. The number of nitro benzene ring substituents is 1. The van der Waals surface area contributed by atoms with E-state index in [-0.39, 0.29) is 22.2 Å². The molecule has 2 aromatic rings. The number of hydrogen-bond acceptors (Lipinski definition) is 6. The summed E-state index contributed by atoms with van der Waals surface area (Å²) < 4.78 is 33.2. The summed E-state index contributed by atoms with van der Waals surface area (Å²) in [7, 11) is -2.75. The van der Waals surface area contributed by atoms with E-state index in [4.69, 9.17) is 4.74 Å². The number of benzene rings is 2. The number of carbonyl (C=O) groups excluding carboxylic acids is 1. The molecule has 1 amide bonds. The molecule has 0 radical (unpaired) electrons. The highest BCUT2D eigenvalue weighted by molar-refractivity contribution is 7.92. The van der Waals surface area contributed by atoms with Crippen molar-refractivity contribution < 1.29 is 22.9 Å². The molecule has 0 saturated carbocycles. The lowest BCUT2D eigenvalue weighted by Gasteiger charge is -2.32. The summed E-state index contributed by atoms with van der Waals surface area (Å²) in [5, 5.41) is 11.3. The maximum atomic E-state index is 13.5. The molecule has 32 heavy (non-hydrogen) atoms. The van der Waals surface area contributed by atoms with Gasteiger partial charge in [-0.3, -0.25) is 19.2 Å². The van der Waals surface area contributed by atoms with Crippen LogP contribution in [0.4, 0.5) is 11.4 Å². The second kappa shape index (κ2) is 9.56. The normalized spacial score (nSPS) is 14.8. The van der Waals surface area contributed by atoms with Crippen molar-refractivity contribution in [2.45, 2.75) is 31.6 Å². The molecular formula is C22H27N3O6S. The first-order valence-corrected chi connectivity index (χ1v) is 11.8. The van der Waals surface area contributed by atoms with Crippen molar-refractivity contribution in [3.63, 3.8) is 0 Å². The van der Waals surface area contributed by atoms with Crippen LogP contribution in [0.1, 0.15) is 25.3 Å². The predicted molar refractivity (Wildman–Crippen MR) is 120 cm³/mol. The van der Waals surface area contributed by atoms with Gasteiger partial charge in [0.05, 0.1) is 22.6 Å². The number of anilines is 1. The third kappa shape index (κ3) is 5.01. The van der Waals surface area contributed by atoms with Gasteiger partial charge in [-0.25, -0.2) is 8.42 Å². The Balaban J connectivity index is 2.00. The highest BCUT2D eigenvalue weighted by Gasteiger charge is 2.31. The number of hydrogen-bond donors (Lipinski definition) is 0. The molecule has 1 fully saturated rings. The van der Waals surface area contributed by atoms with E-state index in [2.05, 4.69) is 6.92 Å². The number of aryl methyl sites for hydroxylation is 1. The third-order valence-corrected chi connectivity index (χ3v) is 7.51. The van der Waals surface area contributed by atoms with Crippen LogP contribution in [0.15, 0.2) is 47.4 Å². The van der Waals surface area contributed by atoms with Crippen LogP contribution in [0.5, 0.6) is 5.75 Å². The lowest BCUT2D eigenvalue weighted by atomic mass is 9.99. The van der Waals surface area contributed by atoms with E-state index in [1.807, 2.05) is 0 Å². The van der Waals surface area contributed by atoms with Crippen LogP contribution in [0.3, 0.4) is 0 Å². The molecule has 3 rings (SSSR count). The van der Waals surface area contributed by atoms with E-state index in [1.54, 1.807) is 29.2 Å². The van der Waals surface area contributed by atoms with E-state index in [1.165, 1.54) is 26.2 Å². The fourth-order valence-corrected chi connectivity index (χ4v) is 5.05. The number of nitrogens with zero attached hydrogens (tertiary/aromatic N) is 3. The van der Waals surface area contributed by atoms with Crippen LogP contribution in [0.25, 0.3) is 0 Å². The number of amides is 1. The summed E-state index contributed by atoms with van der Waals surface area (Å²) in [5.41, 5.74) is 0.327. The zero-order valence-electron chi connectivity index (χ0n) is 18.4. The number of methoxy groups -OCH3 is 1. The summed E-state index contributed by atoms with van der Waals surface area (Å²) in [5.74, 6) is 0.750. The number of likely N-dealkylation sites (tertiary alicyclic amines) is 1. The monoisotopic (exact) mass is 461 g/mol. The van der Waals surface area contributed by atoms with Gasteiger partial charge >= 0.3 is 0 Å². The van der Waals surface area contributed by atoms with Crippen molar-refractivity contribution in [1.82, 2.24) is 4.90 Å². The van der Waals surface area contributed by atoms with Crippen molar-refractivity contribution in [2.75, 3.05) is 31.0 Å². The Morgan fingerprint density at radius 3 is 2.38 bits per heavy atom. The van der Waals surface area contributed by atoms with Gasteiger partial charge in [-0.05, 0) is 56.0 Å². The molecule has 2 aromatic carbocycles. The van der Waals surface area contributed by atoms with E-state index in [0.29, 0.717) is 30.3 Å². The first-order chi connectivity index (χ1) is 15.1. The summed E-state index contributed by atoms with van der Waals surface area (Å²) in [6.07, 6.45) is 1.73. The number of rotatable bonds is 7. The molecule has 1 aliphatic heterocycles. The molecule has 0 aromatic heterocycles. The zero-order chi connectivity index (χ0) is 23.5. The minimum absolute atomic E-state index is 0.245. The van der Waals surface area contributed by atoms with E-state index < -0.39 is 21.5 Å². The highest BCUT2D eigenvalue weighted by Crippen LogP contribution is 2.29.